The number of carboxylic acid groups (broad SMARTS) is 1. The van der Waals surface area contributed by atoms with E-state index >= 15 is 0 Å². The molecule has 0 saturated carbocycles. The number of aryl methyl sites for hydroxylation is 1. The van der Waals surface area contributed by atoms with Gasteiger partial charge in [-0.05, 0) is 24.1 Å². The molecule has 0 atom stereocenters. The number of H-pyrrole nitrogens is 1. The highest BCUT2D eigenvalue weighted by Crippen LogP contribution is 2.11. The predicted molar refractivity (Wildman–Crippen MR) is 76.8 cm³/mol. The van der Waals surface area contributed by atoms with Crippen molar-refractivity contribution in [2.75, 3.05) is 5.32 Å². The van der Waals surface area contributed by atoms with E-state index in [1.165, 1.54) is 0 Å². The lowest BCUT2D eigenvalue weighted by Crippen LogP contribution is -2.28. The highest BCUT2D eigenvalue weighted by molar-refractivity contribution is 5.89. The largest absolute Gasteiger partial charge is 0.481 e. The van der Waals surface area contributed by atoms with Gasteiger partial charge in [0.15, 0.2) is 0 Å². The average Bonchev–Trinajstić information content (AvgIpc) is 2.98. The van der Waals surface area contributed by atoms with Gasteiger partial charge in [0.05, 0.1) is 18.6 Å². The molecule has 0 unspecified atom stereocenters. The van der Waals surface area contributed by atoms with E-state index in [2.05, 4.69) is 20.6 Å². The van der Waals surface area contributed by atoms with E-state index in [1.807, 2.05) is 0 Å². The molecule has 0 aliphatic heterocycles. The molecular formula is C14H16N4O3. The average molecular weight is 288 g/mol. The Morgan fingerprint density at radius 1 is 1.24 bits per heavy atom. The molecule has 4 N–H and O–H groups in total. The van der Waals surface area contributed by atoms with Crippen molar-refractivity contribution in [2.24, 2.45) is 0 Å². The van der Waals surface area contributed by atoms with Crippen LogP contribution in [0.1, 0.15) is 17.7 Å². The van der Waals surface area contributed by atoms with Gasteiger partial charge >= 0.3 is 12.0 Å². The van der Waals surface area contributed by atoms with Gasteiger partial charge in [-0.25, -0.2) is 9.78 Å². The van der Waals surface area contributed by atoms with Crippen molar-refractivity contribution in [3.63, 3.8) is 0 Å². The molecule has 2 amide bonds. The van der Waals surface area contributed by atoms with Crippen molar-refractivity contribution in [2.45, 2.75) is 19.4 Å². The number of carboxylic acids is 1. The van der Waals surface area contributed by atoms with Crippen LogP contribution >= 0.6 is 0 Å². The predicted octanol–water partition coefficient (Wildman–Crippen LogP) is 1.75. The second-order valence-electron chi connectivity index (χ2n) is 4.48. The smallest absolute Gasteiger partial charge is 0.319 e. The zero-order chi connectivity index (χ0) is 15.1. The Kier molecular flexibility index (Phi) is 4.92. The first-order valence-corrected chi connectivity index (χ1v) is 6.46. The number of aromatic amines is 1. The fourth-order valence-corrected chi connectivity index (χ4v) is 1.74. The van der Waals surface area contributed by atoms with Crippen LogP contribution in [-0.2, 0) is 17.8 Å². The Balaban J connectivity index is 1.79. The molecule has 0 fully saturated rings. The van der Waals surface area contributed by atoms with Gasteiger partial charge in [-0.3, -0.25) is 4.79 Å². The summed E-state index contributed by atoms with van der Waals surface area (Å²) in [6, 6.07) is 6.77. The summed E-state index contributed by atoms with van der Waals surface area (Å²) in [6.07, 6.45) is 3.75. The Labute approximate surface area is 121 Å². The topological polar surface area (TPSA) is 107 Å². The number of nitrogens with zero attached hydrogens (tertiary/aromatic N) is 1. The van der Waals surface area contributed by atoms with Gasteiger partial charge in [0.25, 0.3) is 0 Å². The second kappa shape index (κ2) is 7.09. The Morgan fingerprint density at radius 3 is 2.62 bits per heavy atom. The van der Waals surface area contributed by atoms with E-state index in [0.29, 0.717) is 18.7 Å². The van der Waals surface area contributed by atoms with Crippen molar-refractivity contribution < 1.29 is 14.7 Å². The van der Waals surface area contributed by atoms with Crippen LogP contribution in [0.3, 0.4) is 0 Å². The van der Waals surface area contributed by atoms with Crippen molar-refractivity contribution in [3.8, 4) is 0 Å². The molecule has 0 spiro atoms. The van der Waals surface area contributed by atoms with Gasteiger partial charge in [0.1, 0.15) is 0 Å². The first kappa shape index (κ1) is 14.6. The molecule has 0 aliphatic carbocycles. The summed E-state index contributed by atoms with van der Waals surface area (Å²) in [6.45, 7) is 0.364. The molecule has 21 heavy (non-hydrogen) atoms. The van der Waals surface area contributed by atoms with E-state index in [9.17, 15) is 9.59 Å². The molecule has 1 heterocycles. The molecule has 0 saturated heterocycles. The zero-order valence-corrected chi connectivity index (χ0v) is 11.3. The number of aromatic nitrogens is 2. The minimum absolute atomic E-state index is 0.0947. The van der Waals surface area contributed by atoms with Crippen LogP contribution in [0.4, 0.5) is 10.5 Å². The second-order valence-corrected chi connectivity index (χ2v) is 4.48. The number of amides is 2. The number of urea groups is 1. The Morgan fingerprint density at radius 2 is 2.00 bits per heavy atom. The minimum Gasteiger partial charge on any atom is -0.481 e. The van der Waals surface area contributed by atoms with Crippen molar-refractivity contribution in [1.29, 1.82) is 0 Å². The summed E-state index contributed by atoms with van der Waals surface area (Å²) in [4.78, 5) is 28.9. The number of aliphatic carboxylic acids is 1. The lowest BCUT2D eigenvalue weighted by molar-refractivity contribution is -0.136. The summed E-state index contributed by atoms with van der Waals surface area (Å²) in [7, 11) is 0. The van der Waals surface area contributed by atoms with E-state index in [-0.39, 0.29) is 12.5 Å². The number of carbonyl (C=O) groups excluding carboxylic acids is 1. The summed E-state index contributed by atoms with van der Waals surface area (Å²) in [5.74, 6) is -0.824. The van der Waals surface area contributed by atoms with Crippen molar-refractivity contribution in [1.82, 2.24) is 15.3 Å². The molecule has 110 valence electrons. The van der Waals surface area contributed by atoms with Crippen molar-refractivity contribution in [3.05, 3.63) is 48.0 Å². The molecule has 0 radical (unpaired) electrons. The van der Waals surface area contributed by atoms with Crippen LogP contribution in [0, 0.1) is 0 Å². The van der Waals surface area contributed by atoms with E-state index in [0.717, 1.165) is 11.3 Å². The van der Waals surface area contributed by atoms with Gasteiger partial charge in [0, 0.05) is 18.3 Å². The van der Waals surface area contributed by atoms with Gasteiger partial charge in [-0.2, -0.15) is 0 Å². The van der Waals surface area contributed by atoms with Crippen LogP contribution in [0.2, 0.25) is 0 Å². The van der Waals surface area contributed by atoms with Gasteiger partial charge in [-0.15, -0.1) is 0 Å². The van der Waals surface area contributed by atoms with Gasteiger partial charge in [-0.1, -0.05) is 12.1 Å². The van der Waals surface area contributed by atoms with Crippen LogP contribution in [0.15, 0.2) is 36.8 Å². The number of carbonyl (C=O) groups is 2. The maximum atomic E-state index is 11.7. The van der Waals surface area contributed by atoms with E-state index < -0.39 is 5.97 Å². The van der Waals surface area contributed by atoms with E-state index in [1.54, 1.807) is 36.8 Å². The summed E-state index contributed by atoms with van der Waals surface area (Å²) in [5, 5.41) is 14.0. The molecule has 0 aliphatic rings. The number of hydrogen-bond donors (Lipinski definition) is 4. The third kappa shape index (κ3) is 4.98. The molecule has 7 nitrogen and oxygen atoms in total. The Bertz CT molecular complexity index is 593. The normalized spacial score (nSPS) is 10.1. The van der Waals surface area contributed by atoms with Gasteiger partial charge in [0.2, 0.25) is 0 Å². The lowest BCUT2D eigenvalue weighted by atomic mass is 10.1. The van der Waals surface area contributed by atoms with Crippen LogP contribution in [0.25, 0.3) is 0 Å². The number of imidazole rings is 1. The molecule has 1 aromatic heterocycles. The fourth-order valence-electron chi connectivity index (χ4n) is 1.74. The number of benzene rings is 1. The number of hydrogen-bond acceptors (Lipinski definition) is 3. The number of anilines is 1. The third-order valence-electron chi connectivity index (χ3n) is 2.83. The molecular weight excluding hydrogens is 272 g/mol. The maximum absolute atomic E-state index is 11.7. The lowest BCUT2D eigenvalue weighted by Gasteiger charge is -2.07. The summed E-state index contributed by atoms with van der Waals surface area (Å²) >= 11 is 0. The molecule has 1 aromatic carbocycles. The Hall–Kier alpha value is -2.83. The number of nitrogens with one attached hydrogen (secondary N) is 3. The van der Waals surface area contributed by atoms with Crippen LogP contribution < -0.4 is 10.6 Å². The summed E-state index contributed by atoms with van der Waals surface area (Å²) < 4.78 is 0. The SMILES string of the molecule is O=C(O)CCc1ccc(NC(=O)NCc2cnc[nH]2)cc1. The van der Waals surface area contributed by atoms with Crippen LogP contribution in [-0.4, -0.2) is 27.1 Å². The maximum Gasteiger partial charge on any atom is 0.319 e. The highest BCUT2D eigenvalue weighted by atomic mass is 16.4. The monoisotopic (exact) mass is 288 g/mol. The molecule has 2 aromatic rings. The number of rotatable bonds is 6. The minimum atomic E-state index is -0.824. The highest BCUT2D eigenvalue weighted by Gasteiger charge is 2.03. The van der Waals surface area contributed by atoms with Gasteiger partial charge < -0.3 is 20.7 Å². The van der Waals surface area contributed by atoms with E-state index in [4.69, 9.17) is 5.11 Å². The van der Waals surface area contributed by atoms with Crippen LogP contribution in [0.5, 0.6) is 0 Å². The fraction of sp³-hybridized carbons (Fsp3) is 0.214. The molecule has 2 rings (SSSR count). The first-order valence-electron chi connectivity index (χ1n) is 6.46. The quantitative estimate of drug-likeness (QED) is 0.649. The standard InChI is InChI=1S/C14H16N4O3/c19-13(20)6-3-10-1-4-11(5-2-10)18-14(21)16-8-12-7-15-9-17-12/h1-2,4-5,7,9H,3,6,8H2,(H,15,17)(H,19,20)(H2,16,18,21). The summed E-state index contributed by atoms with van der Waals surface area (Å²) in [5.41, 5.74) is 2.38. The third-order valence-corrected chi connectivity index (χ3v) is 2.83. The van der Waals surface area contributed by atoms with Crippen molar-refractivity contribution >= 4 is 17.7 Å². The molecule has 7 heteroatoms. The molecule has 0 bridgehead atoms. The zero-order valence-electron chi connectivity index (χ0n) is 11.3. The first-order chi connectivity index (χ1) is 10.1.